The first kappa shape index (κ1) is 25.1. The molecule has 0 saturated carbocycles. The SMILES string of the molecule is Cc1ccccc1NC(=O)CCN1C(=S)N[C@H](c2ccccn2)[C@H]1c1ccc(-c2ccc(F)cc2Br)o1. The molecule has 0 unspecified atom stereocenters. The van der Waals surface area contributed by atoms with E-state index in [2.05, 4.69) is 31.5 Å². The van der Waals surface area contributed by atoms with Crippen LogP contribution in [0.3, 0.4) is 0 Å². The molecule has 188 valence electrons. The molecule has 2 atom stereocenters. The number of nitrogens with one attached hydrogen (secondary N) is 2. The van der Waals surface area contributed by atoms with E-state index in [9.17, 15) is 9.18 Å². The van der Waals surface area contributed by atoms with Crippen molar-refractivity contribution in [1.29, 1.82) is 0 Å². The number of aromatic nitrogens is 1. The predicted octanol–water partition coefficient (Wildman–Crippen LogP) is 6.55. The summed E-state index contributed by atoms with van der Waals surface area (Å²) in [6, 6.07) is 21.0. The van der Waals surface area contributed by atoms with E-state index in [1.54, 1.807) is 12.3 Å². The summed E-state index contributed by atoms with van der Waals surface area (Å²) < 4.78 is 20.5. The molecule has 37 heavy (non-hydrogen) atoms. The fourth-order valence-corrected chi connectivity index (χ4v) is 5.33. The van der Waals surface area contributed by atoms with Crippen molar-refractivity contribution < 1.29 is 13.6 Å². The van der Waals surface area contributed by atoms with Crippen molar-refractivity contribution in [3.63, 3.8) is 0 Å². The Morgan fingerprint density at radius 1 is 1.16 bits per heavy atom. The highest BCUT2D eigenvalue weighted by Crippen LogP contribution is 2.41. The summed E-state index contributed by atoms with van der Waals surface area (Å²) in [5.74, 6) is 0.816. The lowest BCUT2D eigenvalue weighted by Gasteiger charge is -2.26. The average Bonchev–Trinajstić information content (AvgIpc) is 3.49. The number of halogens is 2. The Kier molecular flexibility index (Phi) is 7.34. The number of hydrogen-bond acceptors (Lipinski definition) is 4. The minimum Gasteiger partial charge on any atom is -0.459 e. The van der Waals surface area contributed by atoms with Gasteiger partial charge in [-0.05, 0) is 89.2 Å². The van der Waals surface area contributed by atoms with Crippen LogP contribution in [0.1, 0.15) is 35.5 Å². The molecule has 1 aliphatic heterocycles. The molecule has 1 fully saturated rings. The number of furan rings is 1. The molecule has 5 rings (SSSR count). The first-order valence-electron chi connectivity index (χ1n) is 11.8. The summed E-state index contributed by atoms with van der Waals surface area (Å²) in [6.07, 6.45) is 1.97. The second-order valence-corrected chi connectivity index (χ2v) is 10.0. The Morgan fingerprint density at radius 3 is 2.73 bits per heavy atom. The number of pyridine rings is 1. The maximum Gasteiger partial charge on any atom is 0.226 e. The van der Waals surface area contributed by atoms with Crippen LogP contribution < -0.4 is 10.6 Å². The van der Waals surface area contributed by atoms with Gasteiger partial charge in [0.05, 0.1) is 11.7 Å². The van der Waals surface area contributed by atoms with Crippen molar-refractivity contribution in [3.05, 3.63) is 106 Å². The summed E-state index contributed by atoms with van der Waals surface area (Å²) in [6.45, 7) is 2.34. The van der Waals surface area contributed by atoms with Gasteiger partial charge < -0.3 is 20.0 Å². The van der Waals surface area contributed by atoms with Crippen molar-refractivity contribution >= 4 is 44.9 Å². The summed E-state index contributed by atoms with van der Waals surface area (Å²) in [5, 5.41) is 6.86. The number of thiocarbonyl (C=S) groups is 1. The fraction of sp³-hybridized carbons (Fsp3) is 0.179. The van der Waals surface area contributed by atoms with E-state index in [0.717, 1.165) is 22.5 Å². The number of para-hydroxylation sites is 1. The zero-order chi connectivity index (χ0) is 25.9. The quantitative estimate of drug-likeness (QED) is 0.242. The highest BCUT2D eigenvalue weighted by Gasteiger charge is 2.41. The highest BCUT2D eigenvalue weighted by atomic mass is 79.9. The van der Waals surface area contributed by atoms with Gasteiger partial charge in [0.25, 0.3) is 0 Å². The lowest BCUT2D eigenvalue weighted by atomic mass is 10.0. The zero-order valence-electron chi connectivity index (χ0n) is 19.9. The lowest BCUT2D eigenvalue weighted by Crippen LogP contribution is -2.32. The van der Waals surface area contributed by atoms with Gasteiger partial charge in [0.1, 0.15) is 23.4 Å². The molecule has 0 aliphatic carbocycles. The molecule has 3 heterocycles. The third-order valence-corrected chi connectivity index (χ3v) is 7.32. The van der Waals surface area contributed by atoms with E-state index in [4.69, 9.17) is 16.6 Å². The first-order chi connectivity index (χ1) is 17.9. The van der Waals surface area contributed by atoms with Gasteiger partial charge in [-0.1, -0.05) is 24.3 Å². The van der Waals surface area contributed by atoms with E-state index in [1.165, 1.54) is 12.1 Å². The molecular formula is C28H24BrFN4O2S. The number of aryl methyl sites for hydroxylation is 1. The highest BCUT2D eigenvalue weighted by molar-refractivity contribution is 9.10. The van der Waals surface area contributed by atoms with Crippen molar-refractivity contribution in [2.75, 3.05) is 11.9 Å². The van der Waals surface area contributed by atoms with Gasteiger partial charge in [-0.25, -0.2) is 4.39 Å². The van der Waals surface area contributed by atoms with E-state index in [0.29, 0.717) is 27.7 Å². The van der Waals surface area contributed by atoms with Crippen LogP contribution in [-0.4, -0.2) is 27.4 Å². The average molecular weight is 579 g/mol. The number of carbonyl (C=O) groups is 1. The fourth-order valence-electron chi connectivity index (χ4n) is 4.45. The van der Waals surface area contributed by atoms with Crippen LogP contribution >= 0.6 is 28.1 Å². The van der Waals surface area contributed by atoms with Crippen LogP contribution in [0.4, 0.5) is 10.1 Å². The van der Waals surface area contributed by atoms with Gasteiger partial charge in [-0.3, -0.25) is 9.78 Å². The number of carbonyl (C=O) groups excluding carboxylic acids is 1. The molecule has 1 aliphatic rings. The minimum absolute atomic E-state index is 0.104. The second kappa shape index (κ2) is 10.8. The molecule has 4 aromatic rings. The first-order valence-corrected chi connectivity index (χ1v) is 13.0. The summed E-state index contributed by atoms with van der Waals surface area (Å²) in [4.78, 5) is 19.3. The van der Waals surface area contributed by atoms with Crippen LogP contribution in [-0.2, 0) is 4.79 Å². The van der Waals surface area contributed by atoms with Crippen LogP contribution in [0.25, 0.3) is 11.3 Å². The molecule has 0 bridgehead atoms. The Hall–Kier alpha value is -3.56. The molecule has 1 amide bonds. The molecule has 2 aromatic heterocycles. The summed E-state index contributed by atoms with van der Waals surface area (Å²) in [7, 11) is 0. The molecular weight excluding hydrogens is 555 g/mol. The van der Waals surface area contributed by atoms with Crippen molar-refractivity contribution in [2.45, 2.75) is 25.4 Å². The monoisotopic (exact) mass is 578 g/mol. The van der Waals surface area contributed by atoms with Gasteiger partial charge in [0.15, 0.2) is 5.11 Å². The van der Waals surface area contributed by atoms with Crippen LogP contribution in [0, 0.1) is 12.7 Å². The topological polar surface area (TPSA) is 70.4 Å². The largest absolute Gasteiger partial charge is 0.459 e. The number of nitrogens with zero attached hydrogens (tertiary/aromatic N) is 2. The van der Waals surface area contributed by atoms with E-state index < -0.39 is 0 Å². The Morgan fingerprint density at radius 2 is 1.97 bits per heavy atom. The van der Waals surface area contributed by atoms with Gasteiger partial charge in [-0.2, -0.15) is 0 Å². The summed E-state index contributed by atoms with van der Waals surface area (Å²) in [5.41, 5.74) is 3.33. The Bertz CT molecular complexity index is 1450. The third-order valence-electron chi connectivity index (χ3n) is 6.31. The van der Waals surface area contributed by atoms with E-state index in [1.807, 2.05) is 66.4 Å². The maximum absolute atomic E-state index is 13.6. The smallest absolute Gasteiger partial charge is 0.226 e. The molecule has 6 nitrogen and oxygen atoms in total. The van der Waals surface area contributed by atoms with Crippen molar-refractivity contribution in [1.82, 2.24) is 15.2 Å². The van der Waals surface area contributed by atoms with Crippen molar-refractivity contribution in [3.8, 4) is 11.3 Å². The number of benzene rings is 2. The minimum atomic E-state index is -0.335. The van der Waals surface area contributed by atoms with Crippen LogP contribution in [0.15, 0.2) is 87.9 Å². The lowest BCUT2D eigenvalue weighted by molar-refractivity contribution is -0.116. The normalized spacial score (nSPS) is 17.1. The second-order valence-electron chi connectivity index (χ2n) is 8.76. The third kappa shape index (κ3) is 5.42. The Labute approximate surface area is 228 Å². The van der Waals surface area contributed by atoms with Gasteiger partial charge in [0.2, 0.25) is 5.91 Å². The van der Waals surface area contributed by atoms with E-state index >= 15 is 0 Å². The van der Waals surface area contributed by atoms with Crippen molar-refractivity contribution in [2.24, 2.45) is 0 Å². The molecule has 0 spiro atoms. The van der Waals surface area contributed by atoms with Crippen LogP contribution in [0.5, 0.6) is 0 Å². The van der Waals surface area contributed by atoms with Crippen LogP contribution in [0.2, 0.25) is 0 Å². The maximum atomic E-state index is 13.6. The predicted molar refractivity (Wildman–Crippen MR) is 148 cm³/mol. The number of rotatable bonds is 7. The van der Waals surface area contributed by atoms with Gasteiger partial charge in [0, 0.05) is 34.9 Å². The number of anilines is 1. The molecule has 1 saturated heterocycles. The van der Waals surface area contributed by atoms with Gasteiger partial charge in [-0.15, -0.1) is 0 Å². The standard InChI is InChI=1S/C28H24BrFN4O2S/c1-17-6-2-3-7-21(17)32-25(35)13-15-34-27(26(33-28(34)37)22-8-4-5-14-31-22)24-12-11-23(36-24)19-10-9-18(30)16-20(19)29/h2-12,14,16,26-27H,13,15H2,1H3,(H,32,35)(H,33,37)/t26-,27-/m1/s1. The number of amides is 1. The Balaban J connectivity index is 1.42. The van der Waals surface area contributed by atoms with Gasteiger partial charge >= 0.3 is 0 Å². The molecule has 0 radical (unpaired) electrons. The molecule has 2 aromatic carbocycles. The summed E-state index contributed by atoms with van der Waals surface area (Å²) >= 11 is 9.12. The zero-order valence-corrected chi connectivity index (χ0v) is 22.4. The molecule has 9 heteroatoms. The molecule has 2 N–H and O–H groups in total. The van der Waals surface area contributed by atoms with E-state index in [-0.39, 0.29) is 30.2 Å². The number of hydrogen-bond donors (Lipinski definition) is 2.